The van der Waals surface area contributed by atoms with E-state index < -0.39 is 5.82 Å². The smallest absolute Gasteiger partial charge is 0.165 e. The Morgan fingerprint density at radius 2 is 1.94 bits per heavy atom. The molecule has 0 aliphatic carbocycles. The Balaban J connectivity index is 2.35. The molecular weight excluding hydrogens is 253 g/mol. The van der Waals surface area contributed by atoms with Gasteiger partial charge in [0.1, 0.15) is 11.8 Å². The molecule has 0 radical (unpaired) electrons. The van der Waals surface area contributed by atoms with Crippen molar-refractivity contribution < 1.29 is 9.13 Å². The fraction of sp³-hybridized carbons (Fsp3) is 0.0714. The summed E-state index contributed by atoms with van der Waals surface area (Å²) in [5.41, 5.74) is 1.14. The molecule has 0 spiro atoms. The van der Waals surface area contributed by atoms with Crippen LogP contribution in [0.15, 0.2) is 42.5 Å². The molecule has 0 unspecified atom stereocenters. The van der Waals surface area contributed by atoms with Gasteiger partial charge in [-0.2, -0.15) is 5.26 Å². The van der Waals surface area contributed by atoms with Gasteiger partial charge in [0.25, 0.3) is 0 Å². The van der Waals surface area contributed by atoms with Gasteiger partial charge in [0.2, 0.25) is 0 Å². The van der Waals surface area contributed by atoms with Crippen molar-refractivity contribution in [1.82, 2.24) is 0 Å². The summed E-state index contributed by atoms with van der Waals surface area (Å²) in [6, 6.07) is 13.0. The number of hydrogen-bond donors (Lipinski definition) is 0. The average Bonchev–Trinajstić information content (AvgIpc) is 2.41. The maximum atomic E-state index is 13.4. The molecule has 0 fully saturated rings. The number of para-hydroxylation sites is 1. The first-order valence-corrected chi connectivity index (χ1v) is 5.79. The predicted molar refractivity (Wildman–Crippen MR) is 67.2 cm³/mol. The molecule has 0 saturated carbocycles. The molecule has 0 aromatic heterocycles. The number of rotatable bonds is 3. The van der Waals surface area contributed by atoms with Crippen LogP contribution in [0.4, 0.5) is 4.39 Å². The molecule has 2 aromatic carbocycles. The normalized spacial score (nSPS) is 9.83. The first-order chi connectivity index (χ1) is 8.74. The number of nitriles is 1. The van der Waals surface area contributed by atoms with Gasteiger partial charge in [0.05, 0.1) is 5.56 Å². The van der Waals surface area contributed by atoms with E-state index in [-0.39, 0.29) is 5.75 Å². The Kier molecular flexibility index (Phi) is 3.81. The van der Waals surface area contributed by atoms with Crippen molar-refractivity contribution in [2.24, 2.45) is 0 Å². The lowest BCUT2D eigenvalue weighted by Crippen LogP contribution is -1.92. The van der Waals surface area contributed by atoms with E-state index in [0.717, 1.165) is 5.56 Å². The van der Waals surface area contributed by atoms with E-state index >= 15 is 0 Å². The average molecular weight is 262 g/mol. The molecule has 2 rings (SSSR count). The summed E-state index contributed by atoms with van der Waals surface area (Å²) >= 11 is 5.68. The van der Waals surface area contributed by atoms with Crippen LogP contribution in [0.1, 0.15) is 11.1 Å². The first-order valence-electron chi connectivity index (χ1n) is 5.26. The van der Waals surface area contributed by atoms with Gasteiger partial charge in [0, 0.05) is 5.88 Å². The van der Waals surface area contributed by atoms with Crippen molar-refractivity contribution >= 4 is 11.6 Å². The van der Waals surface area contributed by atoms with Crippen molar-refractivity contribution in [2.45, 2.75) is 5.88 Å². The summed E-state index contributed by atoms with van der Waals surface area (Å²) in [6.07, 6.45) is 0. The van der Waals surface area contributed by atoms with Gasteiger partial charge in [-0.3, -0.25) is 0 Å². The van der Waals surface area contributed by atoms with E-state index in [0.29, 0.717) is 17.2 Å². The van der Waals surface area contributed by atoms with E-state index in [1.54, 1.807) is 30.3 Å². The first kappa shape index (κ1) is 12.4. The molecule has 18 heavy (non-hydrogen) atoms. The minimum absolute atomic E-state index is 0.0904. The number of alkyl halides is 1. The predicted octanol–water partition coefficient (Wildman–Crippen LogP) is 4.23. The van der Waals surface area contributed by atoms with Crippen LogP contribution in [0.3, 0.4) is 0 Å². The van der Waals surface area contributed by atoms with Crippen molar-refractivity contribution in [3.63, 3.8) is 0 Å². The van der Waals surface area contributed by atoms with E-state index in [1.165, 1.54) is 12.1 Å². The van der Waals surface area contributed by atoms with Crippen molar-refractivity contribution in [2.75, 3.05) is 0 Å². The monoisotopic (exact) mass is 261 g/mol. The topological polar surface area (TPSA) is 33.0 Å². The van der Waals surface area contributed by atoms with Crippen LogP contribution in [0.25, 0.3) is 0 Å². The highest BCUT2D eigenvalue weighted by atomic mass is 35.5. The van der Waals surface area contributed by atoms with Crippen molar-refractivity contribution in [3.05, 3.63) is 59.4 Å². The lowest BCUT2D eigenvalue weighted by Gasteiger charge is -2.08. The maximum absolute atomic E-state index is 13.4. The van der Waals surface area contributed by atoms with Crippen LogP contribution in [0, 0.1) is 17.1 Å². The highest BCUT2D eigenvalue weighted by molar-refractivity contribution is 6.17. The fourth-order valence-corrected chi connectivity index (χ4v) is 1.65. The van der Waals surface area contributed by atoms with Crippen molar-refractivity contribution in [1.29, 1.82) is 5.26 Å². The largest absolute Gasteiger partial charge is 0.453 e. The zero-order chi connectivity index (χ0) is 13.0. The molecule has 0 bridgehead atoms. The molecule has 0 amide bonds. The standard InChI is InChI=1S/C14H9ClFNO/c15-8-10-5-6-13(11(7-10)9-17)18-14-4-2-1-3-12(14)16/h1-7H,8H2. The SMILES string of the molecule is N#Cc1cc(CCl)ccc1Oc1ccccc1F. The minimum atomic E-state index is -0.470. The number of benzene rings is 2. The quantitative estimate of drug-likeness (QED) is 0.775. The summed E-state index contributed by atoms with van der Waals surface area (Å²) in [5, 5.41) is 9.02. The third kappa shape index (κ3) is 2.61. The van der Waals surface area contributed by atoms with E-state index in [9.17, 15) is 4.39 Å². The lowest BCUT2D eigenvalue weighted by molar-refractivity contribution is 0.441. The number of nitrogens with zero attached hydrogens (tertiary/aromatic N) is 1. The Bertz CT molecular complexity index is 607. The molecule has 90 valence electrons. The zero-order valence-corrected chi connectivity index (χ0v) is 10.1. The maximum Gasteiger partial charge on any atom is 0.165 e. The molecule has 0 aliphatic rings. The molecule has 0 heterocycles. The lowest BCUT2D eigenvalue weighted by atomic mass is 10.1. The Morgan fingerprint density at radius 1 is 1.17 bits per heavy atom. The van der Waals surface area contributed by atoms with Crippen molar-refractivity contribution in [3.8, 4) is 17.6 Å². The van der Waals surface area contributed by atoms with E-state index in [1.807, 2.05) is 6.07 Å². The second-order valence-corrected chi connectivity index (χ2v) is 3.88. The van der Waals surface area contributed by atoms with Crippen LogP contribution in [0.5, 0.6) is 11.5 Å². The van der Waals surface area contributed by atoms with E-state index in [2.05, 4.69) is 0 Å². The molecule has 0 atom stereocenters. The summed E-state index contributed by atoms with van der Waals surface area (Å²) in [6.45, 7) is 0. The van der Waals surface area contributed by atoms with Gasteiger partial charge in [-0.15, -0.1) is 11.6 Å². The second kappa shape index (κ2) is 5.52. The van der Waals surface area contributed by atoms with E-state index in [4.69, 9.17) is 21.6 Å². The highest BCUT2D eigenvalue weighted by Gasteiger charge is 2.08. The number of ether oxygens (including phenoxy) is 1. The zero-order valence-electron chi connectivity index (χ0n) is 9.36. The highest BCUT2D eigenvalue weighted by Crippen LogP contribution is 2.28. The molecule has 0 N–H and O–H groups in total. The molecule has 2 nitrogen and oxygen atoms in total. The molecule has 0 aliphatic heterocycles. The Labute approximate surface area is 109 Å². The third-order valence-electron chi connectivity index (χ3n) is 2.38. The number of hydrogen-bond acceptors (Lipinski definition) is 2. The summed E-state index contributed by atoms with van der Waals surface area (Å²) in [7, 11) is 0. The Morgan fingerprint density at radius 3 is 2.61 bits per heavy atom. The summed E-state index contributed by atoms with van der Waals surface area (Å²) in [5.74, 6) is 0.251. The Hall–Kier alpha value is -2.05. The molecule has 4 heteroatoms. The van der Waals surface area contributed by atoms with Gasteiger partial charge in [-0.05, 0) is 29.8 Å². The van der Waals surface area contributed by atoms with Gasteiger partial charge >= 0.3 is 0 Å². The van der Waals surface area contributed by atoms with Gasteiger partial charge in [-0.1, -0.05) is 18.2 Å². The second-order valence-electron chi connectivity index (χ2n) is 3.61. The minimum Gasteiger partial charge on any atom is -0.453 e. The molecular formula is C14H9ClFNO. The van der Waals surface area contributed by atoms with Gasteiger partial charge in [-0.25, -0.2) is 4.39 Å². The number of halogens is 2. The van der Waals surface area contributed by atoms with Crippen LogP contribution < -0.4 is 4.74 Å². The third-order valence-corrected chi connectivity index (χ3v) is 2.68. The van der Waals surface area contributed by atoms with Crippen LogP contribution in [-0.2, 0) is 5.88 Å². The van der Waals surface area contributed by atoms with Crippen LogP contribution in [0.2, 0.25) is 0 Å². The molecule has 2 aromatic rings. The van der Waals surface area contributed by atoms with Crippen LogP contribution in [-0.4, -0.2) is 0 Å². The molecule has 0 saturated heterocycles. The van der Waals surface area contributed by atoms with Gasteiger partial charge in [0.15, 0.2) is 11.6 Å². The summed E-state index contributed by atoms with van der Waals surface area (Å²) in [4.78, 5) is 0. The van der Waals surface area contributed by atoms with Gasteiger partial charge < -0.3 is 4.74 Å². The summed E-state index contributed by atoms with van der Waals surface area (Å²) < 4.78 is 18.8. The fourth-order valence-electron chi connectivity index (χ4n) is 1.48. The van der Waals surface area contributed by atoms with Crippen LogP contribution >= 0.6 is 11.6 Å².